The highest BCUT2D eigenvalue weighted by atomic mass is 16.2. The fraction of sp³-hybridized carbons (Fsp3) is 0.438. The zero-order valence-corrected chi connectivity index (χ0v) is 12.8. The molecule has 6 heteroatoms. The van der Waals surface area contributed by atoms with E-state index in [9.17, 15) is 4.79 Å². The van der Waals surface area contributed by atoms with Crippen LogP contribution in [0.4, 0.5) is 0 Å². The van der Waals surface area contributed by atoms with Crippen molar-refractivity contribution >= 4 is 5.91 Å². The number of benzene rings is 1. The number of nitrogens with one attached hydrogen (secondary N) is 1. The summed E-state index contributed by atoms with van der Waals surface area (Å²) in [6, 6.07) is 10.1. The van der Waals surface area contributed by atoms with Crippen LogP contribution in [-0.2, 0) is 17.9 Å². The predicted molar refractivity (Wildman–Crippen MR) is 84.0 cm³/mol. The van der Waals surface area contributed by atoms with Crippen molar-refractivity contribution in [2.75, 3.05) is 20.1 Å². The van der Waals surface area contributed by atoms with Crippen molar-refractivity contribution in [1.29, 1.82) is 0 Å². The average molecular weight is 299 g/mol. The lowest BCUT2D eigenvalue weighted by Crippen LogP contribution is -2.38. The van der Waals surface area contributed by atoms with Crippen molar-refractivity contribution in [3.63, 3.8) is 0 Å². The topological polar surface area (TPSA) is 63.1 Å². The molecule has 1 aliphatic heterocycles. The summed E-state index contributed by atoms with van der Waals surface area (Å²) in [4.78, 5) is 14.1. The molecular weight excluding hydrogens is 278 g/mol. The first kappa shape index (κ1) is 14.7. The van der Waals surface area contributed by atoms with Gasteiger partial charge in [0.05, 0.1) is 6.54 Å². The Morgan fingerprint density at radius 2 is 2.05 bits per heavy atom. The second-order valence-electron chi connectivity index (χ2n) is 5.48. The smallest absolute Gasteiger partial charge is 0.223 e. The molecule has 0 saturated carbocycles. The summed E-state index contributed by atoms with van der Waals surface area (Å²) in [5.41, 5.74) is 1.06. The molecule has 2 heterocycles. The molecule has 0 saturated heterocycles. The molecule has 0 spiro atoms. The van der Waals surface area contributed by atoms with Crippen LogP contribution in [0.3, 0.4) is 0 Å². The molecule has 0 fully saturated rings. The van der Waals surface area contributed by atoms with Gasteiger partial charge in [-0.1, -0.05) is 30.3 Å². The van der Waals surface area contributed by atoms with Crippen LogP contribution in [0.15, 0.2) is 30.3 Å². The molecule has 3 rings (SSSR count). The number of hydrogen-bond acceptors (Lipinski definition) is 4. The maximum Gasteiger partial charge on any atom is 0.223 e. The van der Waals surface area contributed by atoms with Gasteiger partial charge in [-0.2, -0.15) is 0 Å². The van der Waals surface area contributed by atoms with Gasteiger partial charge in [-0.3, -0.25) is 4.79 Å². The highest BCUT2D eigenvalue weighted by Gasteiger charge is 2.24. The van der Waals surface area contributed by atoms with E-state index in [4.69, 9.17) is 0 Å². The van der Waals surface area contributed by atoms with Gasteiger partial charge >= 0.3 is 0 Å². The first-order valence-electron chi connectivity index (χ1n) is 7.69. The van der Waals surface area contributed by atoms with Gasteiger partial charge in [0.2, 0.25) is 5.91 Å². The Balaban J connectivity index is 1.70. The number of carbonyl (C=O) groups is 1. The van der Waals surface area contributed by atoms with Crippen LogP contribution in [0.25, 0.3) is 11.4 Å². The zero-order chi connectivity index (χ0) is 15.4. The zero-order valence-electron chi connectivity index (χ0n) is 12.8. The molecule has 6 nitrogen and oxygen atoms in total. The number of carbonyl (C=O) groups excluding carboxylic acids is 1. The standard InChI is InChI=1S/C16H21N5O/c1-17-9-5-8-15(22)20-10-11-21-14(12-20)18-19-16(21)13-6-3-2-4-7-13/h2-4,6-7,17H,5,8-12H2,1H3. The van der Waals surface area contributed by atoms with Crippen molar-refractivity contribution < 1.29 is 4.79 Å². The molecule has 116 valence electrons. The van der Waals surface area contributed by atoms with E-state index in [1.807, 2.05) is 42.3 Å². The Hall–Kier alpha value is -2.21. The molecule has 1 aromatic heterocycles. The van der Waals surface area contributed by atoms with Crippen LogP contribution >= 0.6 is 0 Å². The summed E-state index contributed by atoms with van der Waals surface area (Å²) in [5.74, 6) is 1.95. The third kappa shape index (κ3) is 3.01. The second-order valence-corrected chi connectivity index (χ2v) is 5.48. The lowest BCUT2D eigenvalue weighted by Gasteiger charge is -2.28. The van der Waals surface area contributed by atoms with Crippen LogP contribution < -0.4 is 5.32 Å². The summed E-state index contributed by atoms with van der Waals surface area (Å²) >= 11 is 0. The van der Waals surface area contributed by atoms with Crippen molar-refractivity contribution in [2.24, 2.45) is 0 Å². The summed E-state index contributed by atoms with van der Waals surface area (Å²) in [6.45, 7) is 2.90. The first-order valence-corrected chi connectivity index (χ1v) is 7.69. The van der Waals surface area contributed by atoms with Crippen molar-refractivity contribution in [3.8, 4) is 11.4 Å². The maximum atomic E-state index is 12.2. The van der Waals surface area contributed by atoms with Crippen LogP contribution in [0.1, 0.15) is 18.7 Å². The lowest BCUT2D eigenvalue weighted by molar-refractivity contribution is -0.132. The van der Waals surface area contributed by atoms with Crippen LogP contribution in [0.5, 0.6) is 0 Å². The highest BCUT2D eigenvalue weighted by molar-refractivity contribution is 5.76. The number of amides is 1. The van der Waals surface area contributed by atoms with E-state index in [0.29, 0.717) is 13.0 Å². The molecule has 1 aromatic carbocycles. The fourth-order valence-corrected chi connectivity index (χ4v) is 2.75. The minimum absolute atomic E-state index is 0.200. The monoisotopic (exact) mass is 299 g/mol. The van der Waals surface area contributed by atoms with Crippen molar-refractivity contribution in [2.45, 2.75) is 25.9 Å². The molecular formula is C16H21N5O. The van der Waals surface area contributed by atoms with Crippen molar-refractivity contribution in [3.05, 3.63) is 36.2 Å². The molecule has 1 amide bonds. The van der Waals surface area contributed by atoms with Gasteiger partial charge in [-0.05, 0) is 20.0 Å². The first-order chi connectivity index (χ1) is 10.8. The summed E-state index contributed by atoms with van der Waals surface area (Å²) in [7, 11) is 1.90. The minimum atomic E-state index is 0.200. The van der Waals surface area contributed by atoms with Gasteiger partial charge < -0.3 is 14.8 Å². The van der Waals surface area contributed by atoms with E-state index >= 15 is 0 Å². The Bertz CT molecular complexity index is 637. The Kier molecular flexibility index (Phi) is 4.48. The van der Waals surface area contributed by atoms with Crippen molar-refractivity contribution in [1.82, 2.24) is 25.0 Å². The number of hydrogen-bond donors (Lipinski definition) is 1. The quantitative estimate of drug-likeness (QED) is 0.845. The molecule has 1 N–H and O–H groups in total. The molecule has 22 heavy (non-hydrogen) atoms. The van der Waals surface area contributed by atoms with E-state index in [1.165, 1.54) is 0 Å². The van der Waals surface area contributed by atoms with E-state index in [2.05, 4.69) is 20.1 Å². The van der Waals surface area contributed by atoms with E-state index in [0.717, 1.165) is 43.3 Å². The SMILES string of the molecule is CNCCCC(=O)N1CCn2c(nnc2-c2ccccc2)C1. The maximum absolute atomic E-state index is 12.2. The van der Waals surface area contributed by atoms with Gasteiger partial charge in [-0.15, -0.1) is 10.2 Å². The summed E-state index contributed by atoms with van der Waals surface area (Å²) in [5, 5.41) is 11.6. The second kappa shape index (κ2) is 6.70. The van der Waals surface area contributed by atoms with Gasteiger partial charge in [0, 0.05) is 25.1 Å². The Morgan fingerprint density at radius 3 is 2.82 bits per heavy atom. The third-order valence-electron chi connectivity index (χ3n) is 3.96. The van der Waals surface area contributed by atoms with E-state index in [1.54, 1.807) is 0 Å². The van der Waals surface area contributed by atoms with Gasteiger partial charge in [0.1, 0.15) is 0 Å². The summed E-state index contributed by atoms with van der Waals surface area (Å²) < 4.78 is 2.12. The molecule has 0 bridgehead atoms. The lowest BCUT2D eigenvalue weighted by atomic mass is 10.2. The van der Waals surface area contributed by atoms with Gasteiger partial charge in [0.15, 0.2) is 11.6 Å². The van der Waals surface area contributed by atoms with Gasteiger partial charge in [0.25, 0.3) is 0 Å². The van der Waals surface area contributed by atoms with E-state index < -0.39 is 0 Å². The Labute approximate surface area is 130 Å². The molecule has 0 radical (unpaired) electrons. The summed E-state index contributed by atoms with van der Waals surface area (Å²) in [6.07, 6.45) is 1.45. The molecule has 0 unspecified atom stereocenters. The van der Waals surface area contributed by atoms with Gasteiger partial charge in [-0.25, -0.2) is 0 Å². The number of aromatic nitrogens is 3. The van der Waals surface area contributed by atoms with Crippen LogP contribution in [-0.4, -0.2) is 45.7 Å². The normalized spacial score (nSPS) is 14.0. The minimum Gasteiger partial charge on any atom is -0.333 e. The fourth-order valence-electron chi connectivity index (χ4n) is 2.75. The average Bonchev–Trinajstić information content (AvgIpc) is 2.99. The molecule has 1 aliphatic rings. The number of rotatable bonds is 5. The van der Waals surface area contributed by atoms with Crippen LogP contribution in [0.2, 0.25) is 0 Å². The van der Waals surface area contributed by atoms with Crippen LogP contribution in [0, 0.1) is 0 Å². The molecule has 0 aliphatic carbocycles. The Morgan fingerprint density at radius 1 is 1.23 bits per heavy atom. The number of fused-ring (bicyclic) bond motifs is 1. The largest absolute Gasteiger partial charge is 0.333 e. The predicted octanol–water partition coefficient (Wildman–Crippen LogP) is 1.29. The van der Waals surface area contributed by atoms with E-state index in [-0.39, 0.29) is 5.91 Å². The number of nitrogens with zero attached hydrogens (tertiary/aromatic N) is 4. The highest BCUT2D eigenvalue weighted by Crippen LogP contribution is 2.21. The molecule has 2 aromatic rings. The molecule has 0 atom stereocenters. The third-order valence-corrected chi connectivity index (χ3v) is 3.96.